The molecule has 129 heavy (non-hydrogen) atoms. The summed E-state index contributed by atoms with van der Waals surface area (Å²) in [7, 11) is 0. The van der Waals surface area contributed by atoms with Crippen LogP contribution in [0.4, 0.5) is 0 Å². The van der Waals surface area contributed by atoms with Crippen molar-refractivity contribution in [2.45, 2.75) is 102 Å². The summed E-state index contributed by atoms with van der Waals surface area (Å²) in [6, 6.07) is 19.0. The summed E-state index contributed by atoms with van der Waals surface area (Å²) in [5.74, 6) is -11.3. The van der Waals surface area contributed by atoms with Crippen molar-refractivity contribution in [2.75, 3.05) is 131 Å². The minimum absolute atomic E-state index is 0. The molecule has 0 aliphatic carbocycles. The van der Waals surface area contributed by atoms with E-state index in [2.05, 4.69) is 83.8 Å². The number of rotatable bonds is 52. The Morgan fingerprint density at radius 2 is 0.519 bits per heavy atom. The van der Waals surface area contributed by atoms with Gasteiger partial charge in [-0.25, -0.2) is 23.5 Å². The van der Waals surface area contributed by atoms with Gasteiger partial charge in [0.05, 0.1) is 166 Å². The Kier molecular flexibility index (Phi) is 42.7. The molecule has 4 aromatic heterocycles. The molecular formula is C80H101EuN24O24. The quantitative estimate of drug-likeness (QED) is 0.0168. The number of hydrogen-bond acceptors (Lipinski definition) is 35. The van der Waals surface area contributed by atoms with E-state index >= 15 is 0 Å². The molecule has 1 saturated heterocycles. The number of carbonyl (C=O) groups excluding carboxylic acids is 11. The molecule has 0 spiro atoms. The SMILES string of the molecule is O=C(CN1CCN(CC(=O)NCC(=O)N[C@@H](Cc2ccc(OCc3cn(CCO)nn3)cc2)C(=O)[O-])CCN(CC(=O)NCC(=O)N[C@@H](Cc2ccc(OCc3cn(CCO)nn3)cc2)C(=O)O)CCN(CC(=O)NCC(=O)N[C@@H](Cc2ccc(OCc3cn(CCO)nn3)cc2)C(=O)[O-])CC1)NCC(=O)N[C@@H](Cc1ccc(OCc2cn(CCO)nn2)cc1)C(=O)[O-].[Eu+3]. The Labute approximate surface area is 778 Å². The summed E-state index contributed by atoms with van der Waals surface area (Å²) in [5, 5.41) is 135. The van der Waals surface area contributed by atoms with Gasteiger partial charge >= 0.3 is 55.3 Å². The number of carboxylic acid groups (broad SMARTS) is 4. The minimum atomic E-state index is -1.64. The van der Waals surface area contributed by atoms with Gasteiger partial charge in [-0.1, -0.05) is 69.4 Å². The minimum Gasteiger partial charge on any atom is -0.548 e. The fourth-order valence-corrected chi connectivity index (χ4v) is 12.6. The average molecular weight is 1930 g/mol. The van der Waals surface area contributed by atoms with Gasteiger partial charge in [0, 0.05) is 58.8 Å². The van der Waals surface area contributed by atoms with Gasteiger partial charge in [0.2, 0.25) is 47.3 Å². The van der Waals surface area contributed by atoms with Crippen LogP contribution in [-0.2, 0) is 136 Å². The first kappa shape index (κ1) is 102. The third-order valence-corrected chi connectivity index (χ3v) is 19.3. The molecule has 1 fully saturated rings. The van der Waals surface area contributed by atoms with Crippen LogP contribution in [0.2, 0.25) is 0 Å². The standard InChI is InChI=1S/C80H104N24O24.Eu/c105-29-25-101-41-57(89-93-101)49-125-61-9-1-53(2-10-61)33-65(77(117)118)85-69(109)37-81-73(113)45-97-17-19-98(46-74(114)82-38-70(110)86-66(78(119)120)34-54-3-11-62(12-4-54)126-50-58-42-102(26-30-106)94-90-58)21-23-100(48-76(116)84-40-72(112)88-68(80(123)124)36-56-7-15-64(16-8-56)128-52-60-44-104(28-32-108)96-92-60)24-22-99(20-18-97)47-75(115)83-39-71(111)87-67(79(121)122)35-55-5-13-63(14-6-55)127-51-59-43-103(27-31-107)95-91-59;/h1-16,41-44,65-68,105-108H,17-40,45-52H2,(H,81,113)(H,82,114)(H,83,115)(H,84,116)(H,85,109)(H,86,110)(H,87,111)(H,88,112)(H,117,118)(H,119,120)(H,121,122)(H,123,124);/q;+3/p-3/t65-,66-,67-,68-;/m0./s1. The zero-order valence-electron chi connectivity index (χ0n) is 70.0. The first-order valence-corrected chi connectivity index (χ1v) is 40.6. The van der Waals surface area contributed by atoms with Gasteiger partial charge in [0.1, 0.15) is 78.2 Å². The Morgan fingerprint density at radius 3 is 0.713 bits per heavy atom. The molecule has 1 aliphatic rings. The van der Waals surface area contributed by atoms with Crippen molar-refractivity contribution in [1.29, 1.82) is 0 Å². The van der Waals surface area contributed by atoms with E-state index in [1.807, 2.05) is 0 Å². The number of nitrogens with one attached hydrogen (secondary N) is 8. The van der Waals surface area contributed by atoms with E-state index in [1.54, 1.807) is 141 Å². The summed E-state index contributed by atoms with van der Waals surface area (Å²) in [4.78, 5) is 166. The van der Waals surface area contributed by atoms with E-state index in [0.717, 1.165) is 0 Å². The summed E-state index contributed by atoms with van der Waals surface area (Å²) in [6.45, 7) is -4.68. The maximum absolute atomic E-state index is 14.0. The van der Waals surface area contributed by atoms with Crippen molar-refractivity contribution in [3.63, 3.8) is 0 Å². The van der Waals surface area contributed by atoms with E-state index in [1.165, 1.54) is 18.7 Å². The van der Waals surface area contributed by atoms with Crippen LogP contribution < -0.4 is 76.8 Å². The van der Waals surface area contributed by atoms with Crippen LogP contribution in [0.1, 0.15) is 45.0 Å². The van der Waals surface area contributed by atoms with E-state index in [-0.39, 0.29) is 206 Å². The van der Waals surface area contributed by atoms with Crippen LogP contribution >= 0.6 is 0 Å². The number of nitrogens with zero attached hydrogens (tertiary/aromatic N) is 16. The summed E-state index contributed by atoms with van der Waals surface area (Å²) in [5.41, 5.74) is 3.81. The van der Waals surface area contributed by atoms with Crippen molar-refractivity contribution in [3.05, 3.63) is 167 Å². The van der Waals surface area contributed by atoms with Crippen LogP contribution in [-0.4, -0.2) is 332 Å². The number of aliphatic carboxylic acids is 4. The van der Waals surface area contributed by atoms with Crippen LogP contribution in [0, 0.1) is 49.4 Å². The van der Waals surface area contributed by atoms with Gasteiger partial charge in [-0.15, -0.1) is 20.4 Å². The van der Waals surface area contributed by atoms with Gasteiger partial charge in [0.15, 0.2) is 0 Å². The monoisotopic (exact) mass is 1930 g/mol. The molecule has 48 nitrogen and oxygen atoms in total. The molecule has 4 atom stereocenters. The fourth-order valence-electron chi connectivity index (χ4n) is 12.6. The first-order valence-electron chi connectivity index (χ1n) is 40.6. The van der Waals surface area contributed by atoms with Gasteiger partial charge in [0.25, 0.3) is 0 Å². The van der Waals surface area contributed by atoms with Gasteiger partial charge in [-0.3, -0.25) is 58.0 Å². The van der Waals surface area contributed by atoms with Crippen LogP contribution in [0.3, 0.4) is 0 Å². The summed E-state index contributed by atoms with van der Waals surface area (Å²) < 4.78 is 28.8. The molecule has 0 bridgehead atoms. The number of aliphatic hydroxyl groups excluding tert-OH is 4. The van der Waals surface area contributed by atoms with Crippen molar-refractivity contribution >= 4 is 71.1 Å². The van der Waals surface area contributed by atoms with Crippen molar-refractivity contribution in [3.8, 4) is 23.0 Å². The number of carbonyl (C=O) groups is 12. The molecule has 1 aliphatic heterocycles. The molecule has 8 amide bonds. The number of benzene rings is 4. The maximum atomic E-state index is 14.0. The molecule has 49 heteroatoms. The zero-order valence-corrected chi connectivity index (χ0v) is 72.4. The predicted molar refractivity (Wildman–Crippen MR) is 435 cm³/mol. The third-order valence-electron chi connectivity index (χ3n) is 19.3. The normalized spacial score (nSPS) is 13.8. The number of aliphatic hydroxyl groups is 4. The molecular weight excluding hydrogens is 1830 g/mol. The van der Waals surface area contributed by atoms with Crippen LogP contribution in [0.15, 0.2) is 122 Å². The van der Waals surface area contributed by atoms with Crippen LogP contribution in [0.5, 0.6) is 23.0 Å². The third kappa shape index (κ3) is 37.4. The maximum Gasteiger partial charge on any atom is 3.00 e. The topological polar surface area (TPSA) is 644 Å². The number of amides is 8. The fraction of sp³-hybridized carbons (Fsp3) is 0.450. The molecule has 0 unspecified atom stereocenters. The Hall–Kier alpha value is -12.5. The molecule has 4 aromatic carbocycles. The second-order valence-electron chi connectivity index (χ2n) is 29.3. The van der Waals surface area contributed by atoms with E-state index in [4.69, 9.17) is 18.9 Å². The zero-order chi connectivity index (χ0) is 91.7. The molecule has 0 radical (unpaired) electrons. The molecule has 692 valence electrons. The van der Waals surface area contributed by atoms with Gasteiger partial charge in [-0.2, -0.15) is 0 Å². The van der Waals surface area contributed by atoms with Crippen molar-refractivity contribution < 1.29 is 167 Å². The molecule has 13 N–H and O–H groups in total. The average Bonchev–Trinajstić information content (AvgIpc) is 1.68. The number of hydrogen-bond donors (Lipinski definition) is 13. The Bertz CT molecular complexity index is 4320. The Morgan fingerprint density at radius 1 is 0.318 bits per heavy atom. The molecule has 5 heterocycles. The smallest absolute Gasteiger partial charge is 0.548 e. The molecule has 0 saturated carbocycles. The number of ether oxygens (including phenoxy) is 4. The summed E-state index contributed by atoms with van der Waals surface area (Å²) >= 11 is 0. The molecule has 9 rings (SSSR count). The summed E-state index contributed by atoms with van der Waals surface area (Å²) in [6.07, 6.45) is 5.49. The second kappa shape index (κ2) is 54.0. The van der Waals surface area contributed by atoms with Crippen molar-refractivity contribution in [2.24, 2.45) is 0 Å². The van der Waals surface area contributed by atoms with Crippen molar-refractivity contribution in [1.82, 2.24) is 122 Å². The van der Waals surface area contributed by atoms with E-state index < -0.39 is 148 Å². The number of carboxylic acids is 4. The first-order chi connectivity index (χ1) is 61.7. The number of aromatic nitrogens is 12. The Balaban J connectivity index is 0.0000206. The second-order valence-corrected chi connectivity index (χ2v) is 29.3. The molecule has 8 aromatic rings. The van der Waals surface area contributed by atoms with E-state index in [0.29, 0.717) is 68.0 Å². The van der Waals surface area contributed by atoms with Gasteiger partial charge in [-0.05, 0) is 90.0 Å². The predicted octanol–water partition coefficient (Wildman–Crippen LogP) is -10.4. The van der Waals surface area contributed by atoms with Gasteiger partial charge < -0.3 is 117 Å². The van der Waals surface area contributed by atoms with E-state index in [9.17, 15) is 98.4 Å². The van der Waals surface area contributed by atoms with Crippen LogP contribution in [0.25, 0.3) is 0 Å². The largest absolute Gasteiger partial charge is 3.00 e.